The maximum Gasteiger partial charge on any atom is 0.269 e. The number of benzene rings is 2. The van der Waals surface area contributed by atoms with Gasteiger partial charge in [-0.25, -0.2) is 0 Å². The SMILES string of the molecule is CC(C)(NC(=O)c1ccc(NC=O)cc1)c1ccc([N+](=O)[O-])cc1. The molecule has 0 radical (unpaired) electrons. The van der Waals surface area contributed by atoms with Gasteiger partial charge in [0.25, 0.3) is 11.6 Å². The summed E-state index contributed by atoms with van der Waals surface area (Å²) >= 11 is 0. The summed E-state index contributed by atoms with van der Waals surface area (Å²) in [5.41, 5.74) is 1.09. The van der Waals surface area contributed by atoms with Crippen molar-refractivity contribution in [2.45, 2.75) is 19.4 Å². The second kappa shape index (κ2) is 6.91. The summed E-state index contributed by atoms with van der Waals surface area (Å²) in [7, 11) is 0. The molecule has 0 aliphatic carbocycles. The van der Waals surface area contributed by atoms with Crippen molar-refractivity contribution in [3.63, 3.8) is 0 Å². The fourth-order valence-corrected chi connectivity index (χ4v) is 2.21. The summed E-state index contributed by atoms with van der Waals surface area (Å²) in [6.07, 6.45) is 0.562. The number of carbonyl (C=O) groups excluding carboxylic acids is 2. The Balaban J connectivity index is 2.13. The van der Waals surface area contributed by atoms with Crippen LogP contribution in [0.15, 0.2) is 48.5 Å². The molecule has 2 aromatic rings. The molecule has 0 heterocycles. The summed E-state index contributed by atoms with van der Waals surface area (Å²) in [6.45, 7) is 3.63. The maximum absolute atomic E-state index is 12.4. The van der Waals surface area contributed by atoms with Crippen molar-refractivity contribution in [3.8, 4) is 0 Å². The number of nitrogens with zero attached hydrogens (tertiary/aromatic N) is 1. The summed E-state index contributed by atoms with van der Waals surface area (Å²) in [5.74, 6) is -0.281. The Morgan fingerprint density at radius 2 is 1.67 bits per heavy atom. The fraction of sp³-hybridized carbons (Fsp3) is 0.176. The van der Waals surface area contributed by atoms with E-state index >= 15 is 0 Å². The number of nitro groups is 1. The first kappa shape index (κ1) is 17.1. The Labute approximate surface area is 138 Å². The van der Waals surface area contributed by atoms with E-state index in [0.717, 1.165) is 5.56 Å². The van der Waals surface area contributed by atoms with Crippen molar-refractivity contribution < 1.29 is 14.5 Å². The van der Waals surface area contributed by atoms with Crippen LogP contribution in [0.4, 0.5) is 11.4 Å². The Morgan fingerprint density at radius 1 is 1.08 bits per heavy atom. The van der Waals surface area contributed by atoms with Crippen LogP contribution in [0.25, 0.3) is 0 Å². The third-order valence-corrected chi connectivity index (χ3v) is 3.60. The molecule has 0 aromatic heterocycles. The molecule has 0 saturated carbocycles. The second-order valence-electron chi connectivity index (χ2n) is 5.72. The lowest BCUT2D eigenvalue weighted by Crippen LogP contribution is -2.40. The van der Waals surface area contributed by atoms with Crippen LogP contribution in [0, 0.1) is 10.1 Å². The average Bonchev–Trinajstić information content (AvgIpc) is 2.55. The van der Waals surface area contributed by atoms with E-state index in [1.807, 2.05) is 13.8 Å². The molecule has 2 amide bonds. The van der Waals surface area contributed by atoms with Gasteiger partial charge in [0.15, 0.2) is 0 Å². The summed E-state index contributed by atoms with van der Waals surface area (Å²) in [5, 5.41) is 16.1. The van der Waals surface area contributed by atoms with Crippen LogP contribution < -0.4 is 10.6 Å². The van der Waals surface area contributed by atoms with E-state index in [-0.39, 0.29) is 11.6 Å². The van der Waals surface area contributed by atoms with E-state index in [0.29, 0.717) is 17.7 Å². The predicted octanol–water partition coefficient (Wildman–Crippen LogP) is 2.83. The van der Waals surface area contributed by atoms with Gasteiger partial charge in [-0.3, -0.25) is 19.7 Å². The van der Waals surface area contributed by atoms with Crippen molar-refractivity contribution in [1.29, 1.82) is 0 Å². The number of hydrogen-bond acceptors (Lipinski definition) is 4. The summed E-state index contributed by atoms with van der Waals surface area (Å²) in [6, 6.07) is 12.5. The van der Waals surface area contributed by atoms with E-state index in [1.165, 1.54) is 12.1 Å². The second-order valence-corrected chi connectivity index (χ2v) is 5.72. The van der Waals surface area contributed by atoms with Crippen molar-refractivity contribution >= 4 is 23.7 Å². The zero-order chi connectivity index (χ0) is 17.7. The number of rotatable bonds is 6. The van der Waals surface area contributed by atoms with Crippen LogP contribution in [0.1, 0.15) is 29.8 Å². The molecule has 0 unspecified atom stereocenters. The molecular formula is C17H17N3O4. The minimum atomic E-state index is -0.702. The van der Waals surface area contributed by atoms with E-state index in [4.69, 9.17) is 0 Å². The maximum atomic E-state index is 12.4. The highest BCUT2D eigenvalue weighted by Crippen LogP contribution is 2.23. The van der Waals surface area contributed by atoms with E-state index < -0.39 is 10.5 Å². The molecule has 0 bridgehead atoms. The Hall–Kier alpha value is -3.22. The number of nitro benzene ring substituents is 1. The standard InChI is InChI=1S/C17H17N3O4/c1-17(2,13-5-9-15(10-6-13)20(23)24)19-16(22)12-3-7-14(8-4-12)18-11-21/h3-11H,1-2H3,(H,18,21)(H,19,22). The molecule has 24 heavy (non-hydrogen) atoms. The van der Waals surface area contributed by atoms with Gasteiger partial charge in [0.05, 0.1) is 10.5 Å². The van der Waals surface area contributed by atoms with Gasteiger partial charge in [-0.2, -0.15) is 0 Å². The third-order valence-electron chi connectivity index (χ3n) is 3.60. The number of anilines is 1. The van der Waals surface area contributed by atoms with Crippen LogP contribution in [0.2, 0.25) is 0 Å². The van der Waals surface area contributed by atoms with Gasteiger partial charge >= 0.3 is 0 Å². The molecule has 0 aliphatic rings. The van der Waals surface area contributed by atoms with Crippen LogP contribution in [0.3, 0.4) is 0 Å². The van der Waals surface area contributed by atoms with Crippen molar-refractivity contribution in [1.82, 2.24) is 5.32 Å². The van der Waals surface area contributed by atoms with Crippen molar-refractivity contribution in [3.05, 3.63) is 69.8 Å². The lowest BCUT2D eigenvalue weighted by molar-refractivity contribution is -0.384. The number of nitrogens with one attached hydrogen (secondary N) is 2. The number of carbonyl (C=O) groups is 2. The number of amides is 2. The van der Waals surface area contributed by atoms with Gasteiger partial charge in [-0.15, -0.1) is 0 Å². The van der Waals surface area contributed by atoms with Gasteiger partial charge in [0, 0.05) is 23.4 Å². The molecular weight excluding hydrogens is 310 g/mol. The molecule has 2 aromatic carbocycles. The topological polar surface area (TPSA) is 101 Å². The normalized spacial score (nSPS) is 10.8. The Bertz CT molecular complexity index is 752. The van der Waals surface area contributed by atoms with Crippen molar-refractivity contribution in [2.24, 2.45) is 0 Å². The van der Waals surface area contributed by atoms with E-state index in [1.54, 1.807) is 36.4 Å². The lowest BCUT2D eigenvalue weighted by atomic mass is 9.93. The fourth-order valence-electron chi connectivity index (χ4n) is 2.21. The minimum absolute atomic E-state index is 0.000793. The van der Waals surface area contributed by atoms with Crippen LogP contribution in [0.5, 0.6) is 0 Å². The quantitative estimate of drug-likeness (QED) is 0.484. The smallest absolute Gasteiger partial charge is 0.269 e. The summed E-state index contributed by atoms with van der Waals surface area (Å²) in [4.78, 5) is 33.0. The third kappa shape index (κ3) is 3.95. The largest absolute Gasteiger partial charge is 0.343 e. The first-order chi connectivity index (χ1) is 11.3. The molecule has 2 N–H and O–H groups in total. The molecule has 124 valence electrons. The average molecular weight is 327 g/mol. The predicted molar refractivity (Wildman–Crippen MR) is 89.7 cm³/mol. The first-order valence-corrected chi connectivity index (χ1v) is 7.21. The van der Waals surface area contributed by atoms with E-state index in [2.05, 4.69) is 10.6 Å². The van der Waals surface area contributed by atoms with E-state index in [9.17, 15) is 19.7 Å². The molecule has 0 aliphatic heterocycles. The zero-order valence-electron chi connectivity index (χ0n) is 13.3. The molecule has 7 nitrogen and oxygen atoms in total. The van der Waals surface area contributed by atoms with Gasteiger partial charge in [-0.05, 0) is 55.8 Å². The van der Waals surface area contributed by atoms with Gasteiger partial charge in [-0.1, -0.05) is 0 Å². The Morgan fingerprint density at radius 3 is 2.17 bits per heavy atom. The molecule has 0 spiro atoms. The highest BCUT2D eigenvalue weighted by atomic mass is 16.6. The lowest BCUT2D eigenvalue weighted by Gasteiger charge is -2.27. The number of non-ortho nitro benzene ring substituents is 1. The number of hydrogen-bond donors (Lipinski definition) is 2. The first-order valence-electron chi connectivity index (χ1n) is 7.21. The molecule has 7 heteroatoms. The van der Waals surface area contributed by atoms with Crippen LogP contribution in [-0.4, -0.2) is 17.2 Å². The molecule has 0 fully saturated rings. The minimum Gasteiger partial charge on any atom is -0.343 e. The highest BCUT2D eigenvalue weighted by Gasteiger charge is 2.24. The highest BCUT2D eigenvalue weighted by molar-refractivity contribution is 5.95. The van der Waals surface area contributed by atoms with Crippen LogP contribution in [-0.2, 0) is 10.3 Å². The zero-order valence-corrected chi connectivity index (χ0v) is 13.3. The monoisotopic (exact) mass is 327 g/mol. The molecule has 2 rings (SSSR count). The van der Waals surface area contributed by atoms with Gasteiger partial charge in [0.2, 0.25) is 6.41 Å². The molecule has 0 atom stereocenters. The Kier molecular flexibility index (Phi) is 4.93. The van der Waals surface area contributed by atoms with Gasteiger partial charge in [0.1, 0.15) is 0 Å². The van der Waals surface area contributed by atoms with Gasteiger partial charge < -0.3 is 10.6 Å². The van der Waals surface area contributed by atoms with Crippen molar-refractivity contribution in [2.75, 3.05) is 5.32 Å². The van der Waals surface area contributed by atoms with Crippen LogP contribution >= 0.6 is 0 Å². The molecule has 0 saturated heterocycles. The summed E-state index contributed by atoms with van der Waals surface area (Å²) < 4.78 is 0.